The molecule has 2 rings (SSSR count). The summed E-state index contributed by atoms with van der Waals surface area (Å²) in [5.41, 5.74) is 7.39. The minimum absolute atomic E-state index is 0.0416. The van der Waals surface area contributed by atoms with Gasteiger partial charge in [0.2, 0.25) is 0 Å². The Bertz CT molecular complexity index is 592. The van der Waals surface area contributed by atoms with Gasteiger partial charge in [-0.2, -0.15) is 0 Å². The van der Waals surface area contributed by atoms with E-state index in [1.54, 1.807) is 30.6 Å². The summed E-state index contributed by atoms with van der Waals surface area (Å²) < 4.78 is 19.0. The summed E-state index contributed by atoms with van der Waals surface area (Å²) in [7, 11) is 0. The normalized spacial score (nSPS) is 12.2. The van der Waals surface area contributed by atoms with Crippen LogP contribution in [0.2, 0.25) is 5.02 Å². The zero-order valence-electron chi connectivity index (χ0n) is 11.1. The van der Waals surface area contributed by atoms with Crippen LogP contribution in [-0.2, 0) is 0 Å². The van der Waals surface area contributed by atoms with Crippen molar-refractivity contribution in [3.05, 3.63) is 58.6 Å². The molecule has 1 unspecified atom stereocenters. The maximum absolute atomic E-state index is 13.5. The van der Waals surface area contributed by atoms with Crippen molar-refractivity contribution < 1.29 is 9.13 Å². The molecule has 106 valence electrons. The molecule has 0 aliphatic carbocycles. The fourth-order valence-electron chi connectivity index (χ4n) is 1.84. The van der Waals surface area contributed by atoms with Crippen LogP contribution in [0.25, 0.3) is 0 Å². The maximum atomic E-state index is 13.5. The third-order valence-corrected chi connectivity index (χ3v) is 3.28. The fraction of sp³-hybridized carbons (Fsp3) is 0.267. The molecule has 0 fully saturated rings. The van der Waals surface area contributed by atoms with E-state index in [0.717, 1.165) is 12.0 Å². The van der Waals surface area contributed by atoms with E-state index in [-0.39, 0.29) is 5.02 Å². The van der Waals surface area contributed by atoms with Crippen molar-refractivity contribution in [2.75, 3.05) is 6.61 Å². The largest absolute Gasteiger partial charge is 0.492 e. The van der Waals surface area contributed by atoms with Crippen LogP contribution in [0.4, 0.5) is 4.39 Å². The van der Waals surface area contributed by atoms with Crippen LogP contribution in [0.1, 0.15) is 30.5 Å². The van der Waals surface area contributed by atoms with Crippen LogP contribution in [-0.4, -0.2) is 11.6 Å². The zero-order valence-corrected chi connectivity index (χ0v) is 11.9. The number of rotatable bonds is 5. The van der Waals surface area contributed by atoms with Gasteiger partial charge in [-0.1, -0.05) is 30.7 Å². The van der Waals surface area contributed by atoms with E-state index in [2.05, 4.69) is 4.98 Å². The molecule has 20 heavy (non-hydrogen) atoms. The minimum atomic E-state index is -0.545. The second-order valence-electron chi connectivity index (χ2n) is 4.42. The monoisotopic (exact) mass is 294 g/mol. The van der Waals surface area contributed by atoms with Crippen LogP contribution >= 0.6 is 11.6 Å². The summed E-state index contributed by atoms with van der Waals surface area (Å²) in [5, 5.41) is 0.0416. The third-order valence-electron chi connectivity index (χ3n) is 2.88. The lowest BCUT2D eigenvalue weighted by Crippen LogP contribution is -2.13. The Morgan fingerprint density at radius 1 is 1.40 bits per heavy atom. The molecule has 0 amide bonds. The third kappa shape index (κ3) is 3.26. The van der Waals surface area contributed by atoms with Gasteiger partial charge in [0.1, 0.15) is 11.6 Å². The molecule has 1 aromatic carbocycles. The highest BCUT2D eigenvalue weighted by Gasteiger charge is 2.16. The van der Waals surface area contributed by atoms with Crippen molar-refractivity contribution in [1.29, 1.82) is 0 Å². The number of aromatic nitrogens is 1. The first-order valence-electron chi connectivity index (χ1n) is 6.40. The Hall–Kier alpha value is -1.65. The van der Waals surface area contributed by atoms with E-state index >= 15 is 0 Å². The molecule has 1 aromatic heterocycles. The molecule has 1 atom stereocenters. The molecule has 0 radical (unpaired) electrons. The summed E-state index contributed by atoms with van der Waals surface area (Å²) in [5.74, 6) is 0.165. The van der Waals surface area contributed by atoms with Gasteiger partial charge in [0.25, 0.3) is 0 Å². The van der Waals surface area contributed by atoms with E-state index in [0.29, 0.717) is 17.9 Å². The Kier molecular flexibility index (Phi) is 4.93. The van der Waals surface area contributed by atoms with Crippen molar-refractivity contribution in [2.45, 2.75) is 19.4 Å². The van der Waals surface area contributed by atoms with Gasteiger partial charge in [-0.3, -0.25) is 4.98 Å². The fourth-order valence-corrected chi connectivity index (χ4v) is 2.09. The molecule has 0 aliphatic heterocycles. The lowest BCUT2D eigenvalue weighted by atomic mass is 10.0. The van der Waals surface area contributed by atoms with Crippen LogP contribution in [0.3, 0.4) is 0 Å². The number of benzene rings is 1. The molecule has 2 N–H and O–H groups in total. The number of halogens is 2. The van der Waals surface area contributed by atoms with E-state index < -0.39 is 11.9 Å². The van der Waals surface area contributed by atoms with Gasteiger partial charge in [0.15, 0.2) is 0 Å². The van der Waals surface area contributed by atoms with Crippen molar-refractivity contribution in [2.24, 2.45) is 5.73 Å². The summed E-state index contributed by atoms with van der Waals surface area (Å²) in [6.45, 7) is 2.64. The van der Waals surface area contributed by atoms with Crippen molar-refractivity contribution in [3.8, 4) is 5.75 Å². The SMILES string of the molecule is CCCOc1cncc(C(N)c2cccc(F)c2Cl)c1. The van der Waals surface area contributed by atoms with Gasteiger partial charge >= 0.3 is 0 Å². The molecular weight excluding hydrogens is 279 g/mol. The van der Waals surface area contributed by atoms with E-state index in [9.17, 15) is 4.39 Å². The standard InChI is InChI=1S/C15H16ClFN2O/c1-2-6-20-11-7-10(8-19-9-11)15(18)12-4-3-5-13(17)14(12)16/h3-5,7-9,15H,2,6,18H2,1H3. The number of nitrogens with two attached hydrogens (primary N) is 1. The molecule has 0 saturated heterocycles. The van der Waals surface area contributed by atoms with Gasteiger partial charge < -0.3 is 10.5 Å². The lowest BCUT2D eigenvalue weighted by Gasteiger charge is -2.15. The van der Waals surface area contributed by atoms with Gasteiger partial charge in [-0.25, -0.2) is 4.39 Å². The van der Waals surface area contributed by atoms with Crippen molar-refractivity contribution in [1.82, 2.24) is 4.98 Å². The molecule has 0 bridgehead atoms. The second kappa shape index (κ2) is 6.68. The van der Waals surface area contributed by atoms with Crippen molar-refractivity contribution in [3.63, 3.8) is 0 Å². The van der Waals surface area contributed by atoms with Gasteiger partial charge in [0, 0.05) is 6.20 Å². The molecule has 0 saturated carbocycles. The Morgan fingerprint density at radius 2 is 2.20 bits per heavy atom. The predicted molar refractivity (Wildman–Crippen MR) is 77.5 cm³/mol. The average molecular weight is 295 g/mol. The molecule has 1 heterocycles. The summed E-state index contributed by atoms with van der Waals surface area (Å²) >= 11 is 5.95. The molecule has 0 aliphatic rings. The highest BCUT2D eigenvalue weighted by molar-refractivity contribution is 6.31. The van der Waals surface area contributed by atoms with E-state index in [1.807, 2.05) is 6.92 Å². The first-order valence-corrected chi connectivity index (χ1v) is 6.78. The maximum Gasteiger partial charge on any atom is 0.142 e. The van der Waals surface area contributed by atoms with Crippen LogP contribution in [0.5, 0.6) is 5.75 Å². The van der Waals surface area contributed by atoms with Crippen LogP contribution in [0.15, 0.2) is 36.7 Å². The Morgan fingerprint density at radius 3 is 2.95 bits per heavy atom. The predicted octanol–water partition coefficient (Wildman–Crippen LogP) is 3.71. The number of hydrogen-bond donors (Lipinski definition) is 1. The van der Waals surface area contributed by atoms with Gasteiger partial charge in [-0.15, -0.1) is 0 Å². The Balaban J connectivity index is 2.28. The van der Waals surface area contributed by atoms with Gasteiger partial charge in [0.05, 0.1) is 23.9 Å². The lowest BCUT2D eigenvalue weighted by molar-refractivity contribution is 0.315. The van der Waals surface area contributed by atoms with Crippen LogP contribution in [0, 0.1) is 5.82 Å². The number of nitrogens with zero attached hydrogens (tertiary/aromatic N) is 1. The zero-order chi connectivity index (χ0) is 14.5. The van der Waals surface area contributed by atoms with E-state index in [1.165, 1.54) is 6.07 Å². The highest BCUT2D eigenvalue weighted by Crippen LogP contribution is 2.29. The van der Waals surface area contributed by atoms with Crippen molar-refractivity contribution >= 4 is 11.6 Å². The number of pyridine rings is 1. The summed E-state index contributed by atoms with van der Waals surface area (Å²) in [4.78, 5) is 4.09. The topological polar surface area (TPSA) is 48.1 Å². The minimum Gasteiger partial charge on any atom is -0.492 e. The smallest absolute Gasteiger partial charge is 0.142 e. The number of hydrogen-bond acceptors (Lipinski definition) is 3. The Labute approximate surface area is 122 Å². The first kappa shape index (κ1) is 14.8. The molecule has 5 heteroatoms. The van der Waals surface area contributed by atoms with Crippen LogP contribution < -0.4 is 10.5 Å². The first-order chi connectivity index (χ1) is 9.63. The molecule has 0 spiro atoms. The summed E-state index contributed by atoms with van der Waals surface area (Å²) in [6.07, 6.45) is 4.16. The highest BCUT2D eigenvalue weighted by atomic mass is 35.5. The molecule has 3 nitrogen and oxygen atoms in total. The molecular formula is C15H16ClFN2O. The quantitative estimate of drug-likeness (QED) is 0.914. The summed E-state index contributed by atoms with van der Waals surface area (Å²) in [6, 6.07) is 5.85. The van der Waals surface area contributed by atoms with E-state index in [4.69, 9.17) is 22.1 Å². The number of ether oxygens (including phenoxy) is 1. The van der Waals surface area contributed by atoms with Gasteiger partial charge in [-0.05, 0) is 29.7 Å². The second-order valence-corrected chi connectivity index (χ2v) is 4.80. The average Bonchev–Trinajstić information content (AvgIpc) is 2.47. The molecule has 2 aromatic rings.